The van der Waals surface area contributed by atoms with Gasteiger partial charge in [0.2, 0.25) is 0 Å². The molecule has 1 fully saturated rings. The second-order valence-electron chi connectivity index (χ2n) is 7.44. The molecule has 5 rings (SSSR count). The average Bonchev–Trinajstić information content (AvgIpc) is 2.88. The lowest BCUT2D eigenvalue weighted by Crippen LogP contribution is -2.51. The van der Waals surface area contributed by atoms with Gasteiger partial charge in [0.1, 0.15) is 11.5 Å². The first-order valence-corrected chi connectivity index (χ1v) is 8.42. The van der Waals surface area contributed by atoms with Crippen LogP contribution in [0.15, 0.2) is 35.6 Å². The van der Waals surface area contributed by atoms with E-state index in [1.165, 1.54) is 36.0 Å². The smallest absolute Gasteiger partial charge is 0.169 e. The van der Waals surface area contributed by atoms with Crippen molar-refractivity contribution < 1.29 is 9.47 Å². The molecule has 1 saturated carbocycles. The molecule has 4 aliphatic rings. The van der Waals surface area contributed by atoms with Gasteiger partial charge in [-0.05, 0) is 55.2 Å². The summed E-state index contributed by atoms with van der Waals surface area (Å²) in [5.74, 6) is 3.54. The summed E-state index contributed by atoms with van der Waals surface area (Å²) >= 11 is 0. The zero-order valence-corrected chi connectivity index (χ0v) is 13.5. The summed E-state index contributed by atoms with van der Waals surface area (Å²) in [6.07, 6.45) is 8.18. The molecule has 0 radical (unpaired) electrons. The van der Waals surface area contributed by atoms with Crippen molar-refractivity contribution in [1.29, 1.82) is 0 Å². The molecule has 2 nitrogen and oxygen atoms in total. The lowest BCUT2D eigenvalue weighted by atomic mass is 9.51. The molecule has 0 N–H and O–H groups in total. The Kier molecular flexibility index (Phi) is 2.32. The van der Waals surface area contributed by atoms with Gasteiger partial charge in [0.05, 0.1) is 12.5 Å². The van der Waals surface area contributed by atoms with Crippen molar-refractivity contribution >= 4 is 0 Å². The number of benzene rings is 1. The Bertz CT molecular complexity index is 742. The Labute approximate surface area is 131 Å². The fourth-order valence-corrected chi connectivity index (χ4v) is 5.43. The van der Waals surface area contributed by atoms with Crippen LogP contribution in [0.25, 0.3) is 0 Å². The monoisotopic (exact) mass is 294 g/mol. The van der Waals surface area contributed by atoms with Crippen molar-refractivity contribution in [3.63, 3.8) is 0 Å². The number of hydrogen-bond donors (Lipinski definition) is 0. The minimum atomic E-state index is 0.0441. The summed E-state index contributed by atoms with van der Waals surface area (Å²) in [6.45, 7) is 4.58. The van der Waals surface area contributed by atoms with Crippen LogP contribution in [0.3, 0.4) is 0 Å². The molecule has 0 aromatic heterocycles. The lowest BCUT2D eigenvalue weighted by molar-refractivity contribution is 0.0847. The van der Waals surface area contributed by atoms with E-state index >= 15 is 0 Å². The topological polar surface area (TPSA) is 18.5 Å². The molecule has 1 heterocycles. The normalized spacial score (nSPS) is 37.0. The van der Waals surface area contributed by atoms with Crippen LogP contribution in [0.1, 0.15) is 36.5 Å². The molecule has 4 atom stereocenters. The van der Waals surface area contributed by atoms with Gasteiger partial charge >= 0.3 is 0 Å². The molecule has 1 aromatic carbocycles. The predicted octanol–water partition coefficient (Wildman–Crippen LogP) is 4.07. The maximum Gasteiger partial charge on any atom is 0.169 e. The van der Waals surface area contributed by atoms with Crippen LogP contribution in [0, 0.1) is 18.8 Å². The Morgan fingerprint density at radius 1 is 1.27 bits per heavy atom. The second kappa shape index (κ2) is 3.98. The van der Waals surface area contributed by atoms with E-state index in [-0.39, 0.29) is 11.5 Å². The highest BCUT2D eigenvalue weighted by Crippen LogP contribution is 2.64. The first-order valence-electron chi connectivity index (χ1n) is 8.42. The van der Waals surface area contributed by atoms with Gasteiger partial charge in [-0.25, -0.2) is 0 Å². The maximum absolute atomic E-state index is 6.51. The molecule has 0 amide bonds. The van der Waals surface area contributed by atoms with E-state index in [2.05, 4.69) is 38.1 Å². The summed E-state index contributed by atoms with van der Waals surface area (Å²) in [4.78, 5) is 0. The first-order chi connectivity index (χ1) is 10.7. The van der Waals surface area contributed by atoms with Crippen molar-refractivity contribution in [2.24, 2.45) is 11.8 Å². The van der Waals surface area contributed by atoms with Crippen molar-refractivity contribution in [1.82, 2.24) is 0 Å². The van der Waals surface area contributed by atoms with E-state index < -0.39 is 0 Å². The molecule has 22 heavy (non-hydrogen) atoms. The molecule has 2 bridgehead atoms. The van der Waals surface area contributed by atoms with Gasteiger partial charge in [0.15, 0.2) is 6.10 Å². The van der Waals surface area contributed by atoms with Gasteiger partial charge in [0.25, 0.3) is 0 Å². The van der Waals surface area contributed by atoms with Gasteiger partial charge in [-0.2, -0.15) is 0 Å². The summed E-state index contributed by atoms with van der Waals surface area (Å²) in [5.41, 5.74) is 5.90. The van der Waals surface area contributed by atoms with E-state index in [4.69, 9.17) is 9.47 Å². The van der Waals surface area contributed by atoms with Crippen molar-refractivity contribution in [3.05, 3.63) is 52.3 Å². The zero-order valence-electron chi connectivity index (χ0n) is 13.5. The van der Waals surface area contributed by atoms with Crippen LogP contribution in [-0.4, -0.2) is 13.2 Å². The van der Waals surface area contributed by atoms with Crippen LogP contribution >= 0.6 is 0 Å². The Morgan fingerprint density at radius 3 is 2.95 bits per heavy atom. The van der Waals surface area contributed by atoms with Gasteiger partial charge < -0.3 is 9.47 Å². The maximum atomic E-state index is 6.51. The van der Waals surface area contributed by atoms with Gasteiger partial charge in [-0.15, -0.1) is 0 Å². The molecule has 1 spiro atoms. The van der Waals surface area contributed by atoms with Gasteiger partial charge in [-0.1, -0.05) is 30.7 Å². The van der Waals surface area contributed by atoms with E-state index in [1.54, 1.807) is 12.7 Å². The third-order valence-corrected chi connectivity index (χ3v) is 6.53. The minimum Gasteiger partial charge on any atom is -0.497 e. The molecule has 114 valence electrons. The number of hydrogen-bond acceptors (Lipinski definition) is 2. The lowest BCUT2D eigenvalue weighted by Gasteiger charge is -2.51. The van der Waals surface area contributed by atoms with E-state index in [0.29, 0.717) is 5.92 Å². The Balaban J connectivity index is 1.86. The number of methoxy groups -OCH3 is 1. The van der Waals surface area contributed by atoms with Crippen LogP contribution < -0.4 is 4.74 Å². The van der Waals surface area contributed by atoms with E-state index in [1.807, 2.05) is 0 Å². The first kappa shape index (κ1) is 12.8. The summed E-state index contributed by atoms with van der Waals surface area (Å²) in [5, 5.41) is 0. The largest absolute Gasteiger partial charge is 0.497 e. The molecule has 3 aliphatic carbocycles. The third-order valence-electron chi connectivity index (χ3n) is 6.53. The van der Waals surface area contributed by atoms with Crippen molar-refractivity contribution in [2.45, 2.75) is 44.6 Å². The SMILES string of the molecule is COC1=CC=C2[C@H]3Cc4ccc(C)c5c4[C@@]2(CCC3C)[C@H]1O5. The average molecular weight is 294 g/mol. The summed E-state index contributed by atoms with van der Waals surface area (Å²) in [7, 11) is 1.77. The van der Waals surface area contributed by atoms with Crippen LogP contribution in [0.2, 0.25) is 0 Å². The molecule has 2 heteroatoms. The Morgan fingerprint density at radius 2 is 2.14 bits per heavy atom. The van der Waals surface area contributed by atoms with E-state index in [0.717, 1.165) is 17.4 Å². The van der Waals surface area contributed by atoms with E-state index in [9.17, 15) is 0 Å². The molecule has 1 unspecified atom stereocenters. The number of aryl methyl sites for hydroxylation is 1. The molecular formula is C20H22O2. The predicted molar refractivity (Wildman–Crippen MR) is 86.0 cm³/mol. The number of allylic oxidation sites excluding steroid dienone is 2. The molecule has 0 saturated heterocycles. The fourth-order valence-electron chi connectivity index (χ4n) is 5.43. The standard InChI is InChI=1S/C20H22O2/c1-11-8-9-20-15-6-7-16(21-3)19(20)22-18-12(2)4-5-13(17(18)20)10-14(11)15/h4-7,11,14,19H,8-10H2,1-3H3/t11?,14-,19-,20-/m0/s1. The van der Waals surface area contributed by atoms with Gasteiger partial charge in [0, 0.05) is 5.56 Å². The quantitative estimate of drug-likeness (QED) is 0.777. The number of rotatable bonds is 1. The van der Waals surface area contributed by atoms with Crippen LogP contribution in [0.4, 0.5) is 0 Å². The second-order valence-corrected chi connectivity index (χ2v) is 7.44. The summed E-state index contributed by atoms with van der Waals surface area (Å²) < 4.78 is 12.2. The Hall–Kier alpha value is -1.70. The molecular weight excluding hydrogens is 272 g/mol. The summed E-state index contributed by atoms with van der Waals surface area (Å²) in [6, 6.07) is 4.57. The van der Waals surface area contributed by atoms with Crippen LogP contribution in [-0.2, 0) is 16.6 Å². The third kappa shape index (κ3) is 1.25. The fraction of sp³-hybridized carbons (Fsp3) is 0.500. The number of ether oxygens (including phenoxy) is 2. The highest BCUT2D eigenvalue weighted by molar-refractivity contribution is 5.65. The van der Waals surface area contributed by atoms with Crippen molar-refractivity contribution in [3.8, 4) is 5.75 Å². The molecule has 1 aliphatic heterocycles. The zero-order chi connectivity index (χ0) is 15.1. The minimum absolute atomic E-state index is 0.0441. The molecule has 1 aromatic rings. The van der Waals surface area contributed by atoms with Gasteiger partial charge in [-0.3, -0.25) is 0 Å². The van der Waals surface area contributed by atoms with Crippen LogP contribution in [0.5, 0.6) is 5.75 Å². The highest BCUT2D eigenvalue weighted by atomic mass is 16.5. The van der Waals surface area contributed by atoms with Crippen molar-refractivity contribution in [2.75, 3.05) is 7.11 Å². The highest BCUT2D eigenvalue weighted by Gasteiger charge is 2.61.